The van der Waals surface area contributed by atoms with Gasteiger partial charge in [-0.05, 0) is 37.1 Å². The molecule has 0 unspecified atom stereocenters. The van der Waals surface area contributed by atoms with Crippen LogP contribution in [0.15, 0.2) is 53.1 Å². The van der Waals surface area contributed by atoms with Gasteiger partial charge in [0.05, 0.1) is 25.3 Å². The predicted octanol–water partition coefficient (Wildman–Crippen LogP) is 3.73. The average Bonchev–Trinajstić information content (AvgIpc) is 3.42. The SMILES string of the molecule is COc1ccccc1C(=O)N1CCC[C@@H]1c1nc(-c2ccccc2OC)no1. The molecular weight excluding hydrogens is 358 g/mol. The molecule has 1 saturated heterocycles. The van der Waals surface area contributed by atoms with Gasteiger partial charge in [-0.1, -0.05) is 29.4 Å². The lowest BCUT2D eigenvalue weighted by atomic mass is 10.1. The summed E-state index contributed by atoms with van der Waals surface area (Å²) in [6.07, 6.45) is 1.65. The number of amides is 1. The largest absolute Gasteiger partial charge is 0.496 e. The Morgan fingerprint density at radius 1 is 1.07 bits per heavy atom. The first kappa shape index (κ1) is 18.0. The van der Waals surface area contributed by atoms with E-state index in [9.17, 15) is 4.79 Å². The van der Waals surface area contributed by atoms with Crippen LogP contribution in [0.1, 0.15) is 35.1 Å². The van der Waals surface area contributed by atoms with Gasteiger partial charge in [0.25, 0.3) is 5.91 Å². The van der Waals surface area contributed by atoms with Crippen molar-refractivity contribution in [3.8, 4) is 22.9 Å². The third-order valence-electron chi connectivity index (χ3n) is 4.93. The zero-order chi connectivity index (χ0) is 19.5. The Balaban J connectivity index is 1.63. The van der Waals surface area contributed by atoms with Crippen molar-refractivity contribution in [2.45, 2.75) is 18.9 Å². The van der Waals surface area contributed by atoms with Crippen LogP contribution in [0.2, 0.25) is 0 Å². The lowest BCUT2D eigenvalue weighted by molar-refractivity contribution is 0.0706. The molecule has 1 atom stereocenters. The van der Waals surface area contributed by atoms with E-state index in [1.165, 1.54) is 0 Å². The lowest BCUT2D eigenvalue weighted by Crippen LogP contribution is -2.31. The highest BCUT2D eigenvalue weighted by atomic mass is 16.5. The molecule has 0 radical (unpaired) electrons. The zero-order valence-corrected chi connectivity index (χ0v) is 15.8. The topological polar surface area (TPSA) is 77.7 Å². The Labute approximate surface area is 162 Å². The van der Waals surface area contributed by atoms with E-state index in [1.807, 2.05) is 36.4 Å². The third-order valence-corrected chi connectivity index (χ3v) is 4.93. The Morgan fingerprint density at radius 3 is 2.57 bits per heavy atom. The molecule has 144 valence electrons. The molecule has 1 aliphatic rings. The van der Waals surface area contributed by atoms with Crippen LogP contribution in [-0.2, 0) is 0 Å². The van der Waals surface area contributed by atoms with Gasteiger partial charge in [0.15, 0.2) is 0 Å². The van der Waals surface area contributed by atoms with Crippen LogP contribution in [0.25, 0.3) is 11.4 Å². The fourth-order valence-corrected chi connectivity index (χ4v) is 3.55. The first-order valence-electron chi connectivity index (χ1n) is 9.14. The molecule has 2 heterocycles. The fourth-order valence-electron chi connectivity index (χ4n) is 3.55. The molecule has 0 saturated carbocycles. The minimum Gasteiger partial charge on any atom is -0.496 e. The van der Waals surface area contributed by atoms with Crippen LogP contribution in [0, 0.1) is 0 Å². The summed E-state index contributed by atoms with van der Waals surface area (Å²) in [7, 11) is 3.16. The molecule has 4 rings (SSSR count). The Kier molecular flexibility index (Phi) is 4.97. The summed E-state index contributed by atoms with van der Waals surface area (Å²) in [5.74, 6) is 2.00. The number of benzene rings is 2. The molecule has 0 N–H and O–H groups in total. The maximum absolute atomic E-state index is 13.1. The van der Waals surface area contributed by atoms with Crippen LogP contribution < -0.4 is 9.47 Å². The molecule has 0 bridgehead atoms. The average molecular weight is 379 g/mol. The second-order valence-electron chi connectivity index (χ2n) is 6.51. The maximum atomic E-state index is 13.1. The molecule has 28 heavy (non-hydrogen) atoms. The number of hydrogen-bond acceptors (Lipinski definition) is 6. The number of aromatic nitrogens is 2. The number of hydrogen-bond donors (Lipinski definition) is 0. The van der Waals surface area contributed by atoms with E-state index < -0.39 is 0 Å². The van der Waals surface area contributed by atoms with Gasteiger partial charge >= 0.3 is 0 Å². The van der Waals surface area contributed by atoms with Gasteiger partial charge in [-0.2, -0.15) is 4.98 Å². The van der Waals surface area contributed by atoms with E-state index >= 15 is 0 Å². The second kappa shape index (κ2) is 7.72. The van der Waals surface area contributed by atoms with Crippen molar-refractivity contribution < 1.29 is 18.8 Å². The highest BCUT2D eigenvalue weighted by molar-refractivity contribution is 5.97. The first-order chi connectivity index (χ1) is 13.7. The van der Waals surface area contributed by atoms with Crippen molar-refractivity contribution in [3.05, 3.63) is 60.0 Å². The Hall–Kier alpha value is -3.35. The molecule has 7 heteroatoms. The molecule has 2 aromatic carbocycles. The summed E-state index contributed by atoms with van der Waals surface area (Å²) in [6, 6.07) is 14.5. The summed E-state index contributed by atoms with van der Waals surface area (Å²) in [6.45, 7) is 0.633. The second-order valence-corrected chi connectivity index (χ2v) is 6.51. The Morgan fingerprint density at radius 2 is 1.79 bits per heavy atom. The summed E-state index contributed by atoms with van der Waals surface area (Å²) < 4.78 is 16.3. The molecule has 1 amide bonds. The number of carbonyl (C=O) groups is 1. The van der Waals surface area contributed by atoms with Gasteiger partial charge in [-0.15, -0.1) is 0 Å². The lowest BCUT2D eigenvalue weighted by Gasteiger charge is -2.22. The summed E-state index contributed by atoms with van der Waals surface area (Å²) in [4.78, 5) is 19.5. The van der Waals surface area contributed by atoms with Gasteiger partial charge in [0, 0.05) is 6.54 Å². The molecule has 7 nitrogen and oxygen atoms in total. The van der Waals surface area contributed by atoms with Crippen molar-refractivity contribution in [1.82, 2.24) is 15.0 Å². The van der Waals surface area contributed by atoms with Crippen molar-refractivity contribution in [2.24, 2.45) is 0 Å². The summed E-state index contributed by atoms with van der Waals surface area (Å²) >= 11 is 0. The monoisotopic (exact) mass is 379 g/mol. The minimum atomic E-state index is -0.256. The predicted molar refractivity (Wildman–Crippen MR) is 102 cm³/mol. The number of nitrogens with zero attached hydrogens (tertiary/aromatic N) is 3. The van der Waals surface area contributed by atoms with E-state index in [-0.39, 0.29) is 11.9 Å². The summed E-state index contributed by atoms with van der Waals surface area (Å²) in [5, 5.41) is 4.11. The van der Waals surface area contributed by atoms with Crippen LogP contribution in [0.5, 0.6) is 11.5 Å². The van der Waals surface area contributed by atoms with E-state index in [2.05, 4.69) is 10.1 Å². The van der Waals surface area contributed by atoms with E-state index in [4.69, 9.17) is 14.0 Å². The van der Waals surface area contributed by atoms with Crippen LogP contribution >= 0.6 is 0 Å². The number of methoxy groups -OCH3 is 2. The minimum absolute atomic E-state index is 0.100. The van der Waals surface area contributed by atoms with Gasteiger partial charge in [0.2, 0.25) is 11.7 Å². The molecule has 0 aliphatic carbocycles. The number of carbonyl (C=O) groups excluding carboxylic acids is 1. The molecule has 1 fully saturated rings. The van der Waals surface area contributed by atoms with Crippen LogP contribution in [0.3, 0.4) is 0 Å². The zero-order valence-electron chi connectivity index (χ0n) is 15.8. The van der Waals surface area contributed by atoms with Gasteiger partial charge in [0.1, 0.15) is 17.5 Å². The highest BCUT2D eigenvalue weighted by Crippen LogP contribution is 2.35. The number of likely N-dealkylation sites (tertiary alicyclic amines) is 1. The van der Waals surface area contributed by atoms with Crippen molar-refractivity contribution >= 4 is 5.91 Å². The smallest absolute Gasteiger partial charge is 0.258 e. The van der Waals surface area contributed by atoms with E-state index in [0.717, 1.165) is 18.4 Å². The normalized spacial score (nSPS) is 16.2. The fraction of sp³-hybridized carbons (Fsp3) is 0.286. The number of rotatable bonds is 5. The molecular formula is C21H21N3O4. The number of ether oxygens (including phenoxy) is 2. The van der Waals surface area contributed by atoms with Gasteiger partial charge in [-0.3, -0.25) is 4.79 Å². The van der Waals surface area contributed by atoms with Crippen molar-refractivity contribution in [1.29, 1.82) is 0 Å². The molecule has 1 aliphatic heterocycles. The van der Waals surface area contributed by atoms with E-state index in [1.54, 1.807) is 31.3 Å². The molecule has 3 aromatic rings. The van der Waals surface area contributed by atoms with Gasteiger partial charge < -0.3 is 18.9 Å². The van der Waals surface area contributed by atoms with Crippen LogP contribution in [-0.4, -0.2) is 41.7 Å². The maximum Gasteiger partial charge on any atom is 0.258 e. The summed E-state index contributed by atoms with van der Waals surface area (Å²) in [5.41, 5.74) is 1.28. The highest BCUT2D eigenvalue weighted by Gasteiger charge is 2.35. The van der Waals surface area contributed by atoms with Crippen molar-refractivity contribution in [3.63, 3.8) is 0 Å². The Bertz CT molecular complexity index is 985. The van der Waals surface area contributed by atoms with Crippen molar-refractivity contribution in [2.75, 3.05) is 20.8 Å². The van der Waals surface area contributed by atoms with Gasteiger partial charge in [-0.25, -0.2) is 0 Å². The molecule has 0 spiro atoms. The molecule has 1 aromatic heterocycles. The van der Waals surface area contributed by atoms with E-state index in [0.29, 0.717) is 35.3 Å². The quantitative estimate of drug-likeness (QED) is 0.672. The first-order valence-corrected chi connectivity index (χ1v) is 9.14. The van der Waals surface area contributed by atoms with Crippen LogP contribution in [0.4, 0.5) is 0 Å². The third kappa shape index (κ3) is 3.19. The number of para-hydroxylation sites is 2. The standard InChI is InChI=1S/C21H21N3O4/c1-26-17-11-5-3-8-14(17)19-22-20(28-23-19)16-10-7-13-24(16)21(25)15-9-4-6-12-18(15)27-2/h3-6,8-9,11-12,16H,7,10,13H2,1-2H3/t16-/m1/s1.